The quantitative estimate of drug-likeness (QED) is 0.611. The van der Waals surface area contributed by atoms with Gasteiger partial charge in [-0.15, -0.1) is 0 Å². The van der Waals surface area contributed by atoms with Gasteiger partial charge >= 0.3 is 0 Å². The summed E-state index contributed by atoms with van der Waals surface area (Å²) in [5.74, 6) is -0.296. The highest BCUT2D eigenvalue weighted by Crippen LogP contribution is 2.27. The van der Waals surface area contributed by atoms with Crippen molar-refractivity contribution in [2.45, 2.75) is 46.1 Å². The van der Waals surface area contributed by atoms with Gasteiger partial charge in [0.2, 0.25) is 5.91 Å². The van der Waals surface area contributed by atoms with Gasteiger partial charge in [0.25, 0.3) is 5.91 Å². The molecule has 7 nitrogen and oxygen atoms in total. The second-order valence-corrected chi connectivity index (χ2v) is 9.27. The summed E-state index contributed by atoms with van der Waals surface area (Å²) in [6.07, 6.45) is 0. The topological polar surface area (TPSA) is 102 Å². The van der Waals surface area contributed by atoms with Crippen molar-refractivity contribution < 1.29 is 9.59 Å². The van der Waals surface area contributed by atoms with Crippen LogP contribution in [0.25, 0.3) is 0 Å². The zero-order valence-electron chi connectivity index (χ0n) is 17.8. The number of nitrogens with zero attached hydrogens (tertiary/aromatic N) is 2. The number of nitrogens with two attached hydrogens (primary N) is 1. The van der Waals surface area contributed by atoms with Crippen molar-refractivity contribution in [1.29, 1.82) is 0 Å². The van der Waals surface area contributed by atoms with Gasteiger partial charge in [0.15, 0.2) is 0 Å². The molecule has 158 valence electrons. The van der Waals surface area contributed by atoms with Crippen molar-refractivity contribution in [1.82, 2.24) is 20.4 Å². The summed E-state index contributed by atoms with van der Waals surface area (Å²) in [5.41, 5.74) is 8.42. The van der Waals surface area contributed by atoms with E-state index >= 15 is 0 Å². The Bertz CT molecular complexity index is 882. The highest BCUT2D eigenvalue weighted by molar-refractivity contribution is 9.10. The van der Waals surface area contributed by atoms with E-state index in [4.69, 9.17) is 5.73 Å². The fourth-order valence-electron chi connectivity index (χ4n) is 3.01. The van der Waals surface area contributed by atoms with Crippen LogP contribution in [0.1, 0.15) is 62.1 Å². The molecular weight excluding hydrogens is 434 g/mol. The number of carbonyl (C=O) groups is 2. The van der Waals surface area contributed by atoms with Crippen LogP contribution in [-0.4, -0.2) is 28.1 Å². The lowest BCUT2D eigenvalue weighted by atomic mass is 9.85. The van der Waals surface area contributed by atoms with E-state index in [9.17, 15) is 9.59 Å². The summed E-state index contributed by atoms with van der Waals surface area (Å²) in [4.78, 5) is 24.8. The van der Waals surface area contributed by atoms with Crippen LogP contribution in [0.5, 0.6) is 0 Å². The molecule has 4 N–H and O–H groups in total. The number of benzene rings is 1. The number of amides is 2. The van der Waals surface area contributed by atoms with Gasteiger partial charge < -0.3 is 16.4 Å². The maximum atomic E-state index is 12.5. The first-order chi connectivity index (χ1) is 13.4. The van der Waals surface area contributed by atoms with Gasteiger partial charge in [0, 0.05) is 7.05 Å². The van der Waals surface area contributed by atoms with Crippen LogP contribution in [0.15, 0.2) is 28.9 Å². The maximum Gasteiger partial charge on any atom is 0.258 e. The summed E-state index contributed by atoms with van der Waals surface area (Å²) in [5, 5.41) is 9.66. The van der Waals surface area contributed by atoms with E-state index in [2.05, 4.69) is 90.5 Å². The molecule has 1 heterocycles. The Morgan fingerprint density at radius 3 is 2.24 bits per heavy atom. The van der Waals surface area contributed by atoms with E-state index in [1.54, 1.807) is 7.05 Å². The first-order valence-corrected chi connectivity index (χ1v) is 10.4. The van der Waals surface area contributed by atoms with Crippen LogP contribution in [0.2, 0.25) is 0 Å². The van der Waals surface area contributed by atoms with Gasteiger partial charge in [-0.3, -0.25) is 14.3 Å². The summed E-state index contributed by atoms with van der Waals surface area (Å²) in [6, 6.07) is 8.15. The number of hydrogen-bond acceptors (Lipinski definition) is 4. The van der Waals surface area contributed by atoms with Gasteiger partial charge in [-0.2, -0.15) is 5.10 Å². The molecule has 0 saturated heterocycles. The molecule has 0 aliphatic heterocycles. The summed E-state index contributed by atoms with van der Waals surface area (Å²) in [7, 11) is 1.64. The second-order valence-electron chi connectivity index (χ2n) is 8.52. The highest BCUT2D eigenvalue weighted by Gasteiger charge is 2.22. The molecule has 1 aromatic heterocycles. The molecule has 29 heavy (non-hydrogen) atoms. The van der Waals surface area contributed by atoms with Crippen molar-refractivity contribution in [3.63, 3.8) is 0 Å². The molecule has 0 unspecified atom stereocenters. The lowest BCUT2D eigenvalue weighted by Crippen LogP contribution is -2.40. The minimum atomic E-state index is -0.451. The number of anilines is 1. The molecule has 2 rings (SSSR count). The van der Waals surface area contributed by atoms with Crippen LogP contribution >= 0.6 is 15.9 Å². The second kappa shape index (κ2) is 8.98. The number of carbonyl (C=O) groups excluding carboxylic acids is 2. The standard InChI is InChI=1S/C21H30BrN5O2/c1-12(2)17(13-7-9-14(10-8-13)21(3,4)5)25-15(28)11-24-20(29)16-18(22)26-27(6)19(16)23/h7-10,12,17H,11,23H2,1-6H3,(H,24,29)(H,25,28)/t17-/m0/s1. The minimum Gasteiger partial charge on any atom is -0.383 e. The van der Waals surface area contributed by atoms with E-state index in [1.165, 1.54) is 10.2 Å². The smallest absolute Gasteiger partial charge is 0.258 e. The average Bonchev–Trinajstić information content (AvgIpc) is 2.88. The molecule has 0 aliphatic rings. The SMILES string of the molecule is CC(C)[C@H](NC(=O)CNC(=O)c1c(Br)nn(C)c1N)c1ccc(C(C)(C)C)cc1. The fraction of sp³-hybridized carbons (Fsp3) is 0.476. The van der Waals surface area contributed by atoms with E-state index in [1.807, 2.05) is 0 Å². The zero-order valence-corrected chi connectivity index (χ0v) is 19.4. The number of rotatable bonds is 6. The van der Waals surface area contributed by atoms with Gasteiger partial charge in [0.05, 0.1) is 12.6 Å². The predicted molar refractivity (Wildman–Crippen MR) is 119 cm³/mol. The number of hydrogen-bond donors (Lipinski definition) is 3. The Morgan fingerprint density at radius 2 is 1.79 bits per heavy atom. The minimum absolute atomic E-state index is 0.0712. The fourth-order valence-corrected chi connectivity index (χ4v) is 3.63. The molecule has 0 spiro atoms. The Morgan fingerprint density at radius 1 is 1.21 bits per heavy atom. The zero-order chi connectivity index (χ0) is 21.9. The van der Waals surface area contributed by atoms with E-state index in [-0.39, 0.29) is 41.2 Å². The van der Waals surface area contributed by atoms with Gasteiger partial charge in [0.1, 0.15) is 16.0 Å². The number of nitrogens with one attached hydrogen (secondary N) is 2. The van der Waals surface area contributed by atoms with Crippen LogP contribution in [-0.2, 0) is 17.3 Å². The largest absolute Gasteiger partial charge is 0.383 e. The van der Waals surface area contributed by atoms with Gasteiger partial charge in [-0.25, -0.2) is 0 Å². The van der Waals surface area contributed by atoms with Crippen molar-refractivity contribution in [2.24, 2.45) is 13.0 Å². The van der Waals surface area contributed by atoms with Crippen LogP contribution < -0.4 is 16.4 Å². The van der Waals surface area contributed by atoms with Crippen LogP contribution in [0.4, 0.5) is 5.82 Å². The Balaban J connectivity index is 2.03. The molecule has 1 aromatic carbocycles. The summed E-state index contributed by atoms with van der Waals surface area (Å²) in [6.45, 7) is 10.4. The van der Waals surface area contributed by atoms with Crippen molar-refractivity contribution in [2.75, 3.05) is 12.3 Å². The molecule has 0 saturated carbocycles. The first kappa shape index (κ1) is 22.9. The molecule has 1 atom stereocenters. The summed E-state index contributed by atoms with van der Waals surface area (Å²) < 4.78 is 1.74. The van der Waals surface area contributed by atoms with Gasteiger partial charge in [-0.1, -0.05) is 58.9 Å². The predicted octanol–water partition coefficient (Wildman–Crippen LogP) is 3.31. The third kappa shape index (κ3) is 5.59. The average molecular weight is 464 g/mol. The first-order valence-electron chi connectivity index (χ1n) is 9.57. The summed E-state index contributed by atoms with van der Waals surface area (Å²) >= 11 is 3.21. The Labute approximate surface area is 180 Å². The third-order valence-electron chi connectivity index (χ3n) is 4.80. The van der Waals surface area contributed by atoms with Crippen molar-refractivity contribution in [3.05, 3.63) is 45.6 Å². The molecule has 0 aliphatic carbocycles. The Kier molecular flexibility index (Phi) is 7.11. The lowest BCUT2D eigenvalue weighted by molar-refractivity contribution is -0.121. The normalized spacial score (nSPS) is 12.7. The molecule has 2 amide bonds. The number of aromatic nitrogens is 2. The maximum absolute atomic E-state index is 12.5. The van der Waals surface area contributed by atoms with E-state index in [0.717, 1.165) is 5.56 Å². The van der Waals surface area contributed by atoms with E-state index < -0.39 is 5.91 Å². The molecule has 8 heteroatoms. The molecule has 0 radical (unpaired) electrons. The molecule has 2 aromatic rings. The Hall–Kier alpha value is -2.35. The number of halogens is 1. The molecular formula is C21H30BrN5O2. The highest BCUT2D eigenvalue weighted by atomic mass is 79.9. The number of aryl methyl sites for hydroxylation is 1. The van der Waals surface area contributed by atoms with E-state index in [0.29, 0.717) is 4.60 Å². The molecule has 0 fully saturated rings. The third-order valence-corrected chi connectivity index (χ3v) is 5.36. The van der Waals surface area contributed by atoms with Crippen molar-refractivity contribution in [3.8, 4) is 0 Å². The monoisotopic (exact) mass is 463 g/mol. The number of nitrogen functional groups attached to an aromatic ring is 1. The van der Waals surface area contributed by atoms with Crippen LogP contribution in [0, 0.1) is 5.92 Å². The molecule has 0 bridgehead atoms. The van der Waals surface area contributed by atoms with Crippen LogP contribution in [0.3, 0.4) is 0 Å². The van der Waals surface area contributed by atoms with Crippen molar-refractivity contribution >= 4 is 33.6 Å². The lowest BCUT2D eigenvalue weighted by Gasteiger charge is -2.25. The van der Waals surface area contributed by atoms with Gasteiger partial charge in [-0.05, 0) is 38.4 Å².